The van der Waals surface area contributed by atoms with Crippen LogP contribution in [0.5, 0.6) is 0 Å². The number of hydrogen-bond acceptors (Lipinski definition) is 2. The molecule has 1 unspecified atom stereocenters. The van der Waals surface area contributed by atoms with E-state index in [-0.39, 0.29) is 30.3 Å². The summed E-state index contributed by atoms with van der Waals surface area (Å²) in [6.45, 7) is 4.96. The summed E-state index contributed by atoms with van der Waals surface area (Å²) in [5.41, 5.74) is 0.645. The molecule has 3 amide bonds. The Balaban J connectivity index is 1.95. The van der Waals surface area contributed by atoms with Crippen molar-refractivity contribution in [3.05, 3.63) is 30.1 Å². The van der Waals surface area contributed by atoms with Crippen molar-refractivity contribution < 1.29 is 14.0 Å². The van der Waals surface area contributed by atoms with E-state index in [9.17, 15) is 14.0 Å². The molecule has 0 bridgehead atoms. The molecule has 1 aromatic rings. The van der Waals surface area contributed by atoms with Gasteiger partial charge in [-0.05, 0) is 37.6 Å². The van der Waals surface area contributed by atoms with Crippen LogP contribution in [-0.2, 0) is 4.79 Å². The maximum atomic E-state index is 12.9. The molecule has 0 saturated carbocycles. The number of rotatable bonds is 5. The van der Waals surface area contributed by atoms with Crippen molar-refractivity contribution in [2.75, 3.05) is 24.5 Å². The van der Waals surface area contributed by atoms with Crippen molar-refractivity contribution in [1.29, 1.82) is 0 Å². The quantitative estimate of drug-likeness (QED) is 0.902. The molecular formula is C15H20FN3O2. The number of hydrogen-bond donors (Lipinski definition) is 1. The maximum Gasteiger partial charge on any atom is 0.325 e. The maximum absolute atomic E-state index is 12.9. The molecule has 0 aliphatic carbocycles. The van der Waals surface area contributed by atoms with Crippen LogP contribution in [0.4, 0.5) is 14.9 Å². The van der Waals surface area contributed by atoms with Crippen LogP contribution in [0.2, 0.25) is 0 Å². The van der Waals surface area contributed by atoms with Gasteiger partial charge >= 0.3 is 6.03 Å². The third kappa shape index (κ3) is 3.71. The number of carbonyl (C=O) groups is 2. The molecule has 1 aromatic carbocycles. The number of halogens is 1. The second kappa shape index (κ2) is 6.56. The number of nitrogens with zero attached hydrogens (tertiary/aromatic N) is 2. The van der Waals surface area contributed by atoms with Crippen molar-refractivity contribution in [2.45, 2.75) is 26.3 Å². The molecule has 1 aliphatic rings. The van der Waals surface area contributed by atoms with Crippen molar-refractivity contribution in [3.63, 3.8) is 0 Å². The van der Waals surface area contributed by atoms with E-state index in [1.54, 1.807) is 17.0 Å². The topological polar surface area (TPSA) is 52.7 Å². The summed E-state index contributed by atoms with van der Waals surface area (Å²) in [7, 11) is 0. The Kier molecular flexibility index (Phi) is 4.77. The van der Waals surface area contributed by atoms with Gasteiger partial charge in [-0.2, -0.15) is 0 Å². The van der Waals surface area contributed by atoms with Gasteiger partial charge in [-0.25, -0.2) is 9.18 Å². The molecule has 2 rings (SSSR count). The molecule has 0 spiro atoms. The van der Waals surface area contributed by atoms with E-state index < -0.39 is 0 Å². The first-order valence-corrected chi connectivity index (χ1v) is 7.12. The Hall–Kier alpha value is -2.11. The van der Waals surface area contributed by atoms with Gasteiger partial charge in [0.15, 0.2) is 0 Å². The highest BCUT2D eigenvalue weighted by Gasteiger charge is 2.30. The molecule has 1 N–H and O–H groups in total. The molecule has 1 atom stereocenters. The van der Waals surface area contributed by atoms with E-state index in [1.165, 1.54) is 17.0 Å². The van der Waals surface area contributed by atoms with E-state index in [0.29, 0.717) is 18.8 Å². The Morgan fingerprint density at radius 1 is 1.33 bits per heavy atom. The first-order valence-electron chi connectivity index (χ1n) is 7.12. The number of urea groups is 1. The van der Waals surface area contributed by atoms with Gasteiger partial charge in [0.05, 0.1) is 0 Å². The fraction of sp³-hybridized carbons (Fsp3) is 0.467. The summed E-state index contributed by atoms with van der Waals surface area (Å²) >= 11 is 0. The Morgan fingerprint density at radius 2 is 2.00 bits per heavy atom. The smallest absolute Gasteiger partial charge is 0.325 e. The van der Waals surface area contributed by atoms with Crippen molar-refractivity contribution >= 4 is 17.6 Å². The van der Waals surface area contributed by atoms with E-state index in [4.69, 9.17) is 0 Å². The monoisotopic (exact) mass is 293 g/mol. The van der Waals surface area contributed by atoms with Crippen LogP contribution in [0.15, 0.2) is 24.3 Å². The second-order valence-corrected chi connectivity index (χ2v) is 5.21. The lowest BCUT2D eigenvalue weighted by atomic mass is 10.2. The molecule has 0 aromatic heterocycles. The predicted molar refractivity (Wildman–Crippen MR) is 78.6 cm³/mol. The summed E-state index contributed by atoms with van der Waals surface area (Å²) in [5, 5.41) is 2.84. The molecule has 1 aliphatic heterocycles. The average molecular weight is 293 g/mol. The first-order chi connectivity index (χ1) is 10.0. The Bertz CT molecular complexity index is 518. The number of carbonyl (C=O) groups excluding carboxylic acids is 2. The summed E-state index contributed by atoms with van der Waals surface area (Å²) < 4.78 is 12.9. The molecule has 1 fully saturated rings. The van der Waals surface area contributed by atoms with E-state index >= 15 is 0 Å². The lowest BCUT2D eigenvalue weighted by molar-refractivity contribution is -0.122. The summed E-state index contributed by atoms with van der Waals surface area (Å²) in [6, 6.07) is 5.65. The number of anilines is 1. The van der Waals surface area contributed by atoms with Crippen molar-refractivity contribution in [3.8, 4) is 0 Å². The molecule has 0 radical (unpaired) electrons. The Morgan fingerprint density at radius 3 is 2.62 bits per heavy atom. The molecule has 1 heterocycles. The molecular weight excluding hydrogens is 273 g/mol. The highest BCUT2D eigenvalue weighted by atomic mass is 19.1. The second-order valence-electron chi connectivity index (χ2n) is 5.21. The molecule has 21 heavy (non-hydrogen) atoms. The minimum absolute atomic E-state index is 0.0564. The molecule has 5 nitrogen and oxygen atoms in total. The minimum atomic E-state index is -0.338. The third-order valence-corrected chi connectivity index (χ3v) is 3.59. The third-order valence-electron chi connectivity index (χ3n) is 3.59. The van der Waals surface area contributed by atoms with Crippen LogP contribution in [-0.4, -0.2) is 42.5 Å². The molecule has 6 heteroatoms. The van der Waals surface area contributed by atoms with Gasteiger partial charge in [-0.3, -0.25) is 9.69 Å². The van der Waals surface area contributed by atoms with Crippen LogP contribution in [0, 0.1) is 5.82 Å². The van der Waals surface area contributed by atoms with Crippen LogP contribution < -0.4 is 10.2 Å². The summed E-state index contributed by atoms with van der Waals surface area (Å²) in [5.74, 6) is -0.492. The van der Waals surface area contributed by atoms with Crippen LogP contribution in [0.25, 0.3) is 0 Å². The zero-order valence-corrected chi connectivity index (χ0v) is 12.3. The van der Waals surface area contributed by atoms with Crippen molar-refractivity contribution in [1.82, 2.24) is 10.2 Å². The van der Waals surface area contributed by atoms with Gasteiger partial charge in [0.25, 0.3) is 0 Å². The number of benzene rings is 1. The largest absolute Gasteiger partial charge is 0.352 e. The SMILES string of the molecule is CCC(C)NC(=O)CN1CCN(c2ccc(F)cc2)C1=O. The van der Waals surface area contributed by atoms with E-state index in [2.05, 4.69) is 5.32 Å². The van der Waals surface area contributed by atoms with Crippen LogP contribution in [0.3, 0.4) is 0 Å². The number of nitrogens with one attached hydrogen (secondary N) is 1. The summed E-state index contributed by atoms with van der Waals surface area (Å²) in [6.07, 6.45) is 0.849. The summed E-state index contributed by atoms with van der Waals surface area (Å²) in [4.78, 5) is 27.1. The highest BCUT2D eigenvalue weighted by Crippen LogP contribution is 2.20. The van der Waals surface area contributed by atoms with Gasteiger partial charge in [0.1, 0.15) is 12.4 Å². The van der Waals surface area contributed by atoms with E-state index in [1.807, 2.05) is 13.8 Å². The van der Waals surface area contributed by atoms with Gasteiger partial charge in [-0.15, -0.1) is 0 Å². The van der Waals surface area contributed by atoms with Gasteiger partial charge < -0.3 is 10.2 Å². The standard InChI is InChI=1S/C15H20FN3O2/c1-3-11(2)17-14(20)10-18-8-9-19(15(18)21)13-6-4-12(16)5-7-13/h4-7,11H,3,8-10H2,1-2H3,(H,17,20). The molecule has 114 valence electrons. The van der Waals surface area contributed by atoms with Gasteiger partial charge in [0.2, 0.25) is 5.91 Å². The zero-order chi connectivity index (χ0) is 15.4. The number of amides is 3. The van der Waals surface area contributed by atoms with Gasteiger partial charge in [-0.1, -0.05) is 6.92 Å². The minimum Gasteiger partial charge on any atom is -0.352 e. The highest BCUT2D eigenvalue weighted by molar-refractivity contribution is 5.96. The van der Waals surface area contributed by atoms with Crippen molar-refractivity contribution in [2.24, 2.45) is 0 Å². The van der Waals surface area contributed by atoms with Crippen LogP contribution in [0.1, 0.15) is 20.3 Å². The van der Waals surface area contributed by atoms with E-state index in [0.717, 1.165) is 6.42 Å². The van der Waals surface area contributed by atoms with Gasteiger partial charge in [0, 0.05) is 24.8 Å². The fourth-order valence-electron chi connectivity index (χ4n) is 2.19. The zero-order valence-electron chi connectivity index (χ0n) is 12.3. The molecule has 1 saturated heterocycles. The predicted octanol–water partition coefficient (Wildman–Crippen LogP) is 1.98. The first kappa shape index (κ1) is 15.3. The lowest BCUT2D eigenvalue weighted by Crippen LogP contribution is -2.42. The lowest BCUT2D eigenvalue weighted by Gasteiger charge is -2.19. The average Bonchev–Trinajstić information content (AvgIpc) is 2.81. The fourth-order valence-corrected chi connectivity index (χ4v) is 2.19. The normalized spacial score (nSPS) is 16.2. The van der Waals surface area contributed by atoms with Crippen LogP contribution >= 0.6 is 0 Å². The Labute approximate surface area is 123 Å².